The van der Waals surface area contributed by atoms with E-state index in [-0.39, 0.29) is 10.9 Å². The van der Waals surface area contributed by atoms with Gasteiger partial charge < -0.3 is 0 Å². The molecule has 1 aliphatic rings. The van der Waals surface area contributed by atoms with Crippen LogP contribution in [0.25, 0.3) is 0 Å². The van der Waals surface area contributed by atoms with E-state index in [2.05, 4.69) is 15.5 Å². The molecule has 1 fully saturated rings. The summed E-state index contributed by atoms with van der Waals surface area (Å²) < 4.78 is 50.2. The highest BCUT2D eigenvalue weighted by molar-refractivity contribution is 7.93. The van der Waals surface area contributed by atoms with Crippen LogP contribution >= 0.6 is 11.3 Å². The van der Waals surface area contributed by atoms with Crippen molar-refractivity contribution in [1.82, 2.24) is 10.2 Å². The van der Waals surface area contributed by atoms with E-state index in [1.54, 1.807) is 19.1 Å². The molecule has 1 saturated heterocycles. The van der Waals surface area contributed by atoms with E-state index in [4.69, 9.17) is 0 Å². The summed E-state index contributed by atoms with van der Waals surface area (Å²) in [6.45, 7) is 2.08. The summed E-state index contributed by atoms with van der Waals surface area (Å²) in [6, 6.07) is 4.67. The van der Waals surface area contributed by atoms with Gasteiger partial charge in [0.15, 0.2) is 5.01 Å². The lowest BCUT2D eigenvalue weighted by Crippen LogP contribution is -2.25. The second-order valence-electron chi connectivity index (χ2n) is 5.44. The molecule has 134 valence electrons. The van der Waals surface area contributed by atoms with Crippen LogP contribution in [0.2, 0.25) is 0 Å². The first-order valence-electron chi connectivity index (χ1n) is 7.32. The third-order valence-electron chi connectivity index (χ3n) is 3.69. The highest BCUT2D eigenvalue weighted by atomic mass is 32.2. The monoisotopic (exact) mass is 388 g/mol. The number of nitrogens with zero attached hydrogens (tertiary/aromatic N) is 3. The van der Waals surface area contributed by atoms with Crippen molar-refractivity contribution in [2.75, 3.05) is 21.9 Å². The molecular formula is C14H14F2N4O3S2. The average molecular weight is 388 g/mol. The van der Waals surface area contributed by atoms with Gasteiger partial charge in [-0.2, -0.15) is 0 Å². The lowest BCUT2D eigenvalue weighted by Gasteiger charge is -2.18. The van der Waals surface area contributed by atoms with Crippen LogP contribution in [-0.4, -0.2) is 36.8 Å². The van der Waals surface area contributed by atoms with Crippen LogP contribution in [0.3, 0.4) is 0 Å². The predicted molar refractivity (Wildman–Crippen MR) is 89.7 cm³/mol. The number of amides is 1. The molecule has 1 aliphatic heterocycles. The predicted octanol–water partition coefficient (Wildman–Crippen LogP) is 2.58. The molecule has 0 saturated carbocycles. The van der Waals surface area contributed by atoms with Gasteiger partial charge in [-0.1, -0.05) is 11.3 Å². The van der Waals surface area contributed by atoms with E-state index in [1.165, 1.54) is 10.4 Å². The number of sulfonamides is 1. The minimum Gasteiger partial charge on any atom is -0.296 e. The number of carbonyl (C=O) groups excluding carboxylic acids is 1. The summed E-state index contributed by atoms with van der Waals surface area (Å²) in [4.78, 5) is 12.3. The molecule has 3 rings (SSSR count). The Morgan fingerprint density at radius 3 is 2.68 bits per heavy atom. The zero-order chi connectivity index (χ0) is 18.2. The first-order chi connectivity index (χ1) is 11.8. The highest BCUT2D eigenvalue weighted by Gasteiger charge is 2.28. The van der Waals surface area contributed by atoms with Gasteiger partial charge in [0.2, 0.25) is 15.2 Å². The molecule has 0 atom stereocenters. The summed E-state index contributed by atoms with van der Waals surface area (Å²) in [6.07, 6.45) is -2.18. The van der Waals surface area contributed by atoms with Gasteiger partial charge in [0.25, 0.3) is 12.3 Å². The molecule has 25 heavy (non-hydrogen) atoms. The van der Waals surface area contributed by atoms with Crippen LogP contribution < -0.4 is 9.62 Å². The van der Waals surface area contributed by atoms with Crippen LogP contribution in [-0.2, 0) is 10.0 Å². The zero-order valence-electron chi connectivity index (χ0n) is 13.1. The Labute approximate surface area is 146 Å². The van der Waals surface area contributed by atoms with E-state index >= 15 is 0 Å². The van der Waals surface area contributed by atoms with Crippen LogP contribution in [0.1, 0.15) is 33.8 Å². The highest BCUT2D eigenvalue weighted by Crippen LogP contribution is 2.28. The van der Waals surface area contributed by atoms with E-state index in [0.29, 0.717) is 41.1 Å². The SMILES string of the molecule is Cc1cc(N2CCCS2(=O)=O)ccc1C(=O)Nc1nnc(C(F)F)s1. The molecule has 11 heteroatoms. The third kappa shape index (κ3) is 3.61. The number of carbonyl (C=O) groups is 1. The number of benzene rings is 1. The molecule has 0 spiro atoms. The van der Waals surface area contributed by atoms with E-state index < -0.39 is 27.4 Å². The molecule has 1 aromatic carbocycles. The Bertz CT molecular complexity index is 915. The first kappa shape index (κ1) is 17.7. The second-order valence-corrected chi connectivity index (χ2v) is 8.46. The number of rotatable bonds is 4. The maximum absolute atomic E-state index is 12.5. The van der Waals surface area contributed by atoms with E-state index in [9.17, 15) is 22.0 Å². The second kappa shape index (κ2) is 6.64. The Balaban J connectivity index is 1.79. The molecule has 1 aromatic heterocycles. The lowest BCUT2D eigenvalue weighted by molar-refractivity contribution is 0.102. The standard InChI is InChI=1S/C14H14F2N4O3S2/c1-8-7-9(20-5-2-6-25(20,22)23)3-4-10(8)12(21)17-14-19-18-13(24-14)11(15)16/h3-4,7,11H,2,5-6H2,1H3,(H,17,19,21). The van der Waals surface area contributed by atoms with E-state index in [1.807, 2.05) is 0 Å². The number of hydrogen-bond acceptors (Lipinski definition) is 6. The molecule has 2 heterocycles. The third-order valence-corrected chi connectivity index (χ3v) is 6.41. The normalized spacial score (nSPS) is 16.4. The number of nitrogens with one attached hydrogen (secondary N) is 1. The molecule has 0 bridgehead atoms. The number of aromatic nitrogens is 2. The van der Waals surface area contributed by atoms with E-state index in [0.717, 1.165) is 0 Å². The van der Waals surface area contributed by atoms with Gasteiger partial charge >= 0.3 is 0 Å². The molecule has 1 N–H and O–H groups in total. The number of aryl methyl sites for hydroxylation is 1. The van der Waals surface area contributed by atoms with Crippen molar-refractivity contribution in [2.45, 2.75) is 19.8 Å². The molecule has 1 amide bonds. The van der Waals surface area contributed by atoms with Crippen molar-refractivity contribution in [2.24, 2.45) is 0 Å². The van der Waals surface area contributed by atoms with Gasteiger partial charge in [-0.15, -0.1) is 10.2 Å². The van der Waals surface area contributed by atoms with Crippen LogP contribution in [0.5, 0.6) is 0 Å². The summed E-state index contributed by atoms with van der Waals surface area (Å²) >= 11 is 0.601. The van der Waals surface area contributed by atoms with Crippen molar-refractivity contribution in [1.29, 1.82) is 0 Å². The van der Waals surface area contributed by atoms with Gasteiger partial charge in [-0.25, -0.2) is 17.2 Å². The Morgan fingerprint density at radius 1 is 1.36 bits per heavy atom. The number of alkyl halides is 2. The fourth-order valence-electron chi connectivity index (χ4n) is 2.53. The maximum atomic E-state index is 12.5. The van der Waals surface area contributed by atoms with Gasteiger partial charge in [-0.3, -0.25) is 14.4 Å². The lowest BCUT2D eigenvalue weighted by atomic mass is 10.1. The number of anilines is 2. The van der Waals surface area contributed by atoms with Crippen molar-refractivity contribution >= 4 is 38.1 Å². The first-order valence-corrected chi connectivity index (χ1v) is 9.74. The van der Waals surface area contributed by atoms with Crippen molar-refractivity contribution in [3.05, 3.63) is 34.3 Å². The summed E-state index contributed by atoms with van der Waals surface area (Å²) in [5.41, 5.74) is 1.37. The van der Waals surface area contributed by atoms with Crippen LogP contribution in [0.4, 0.5) is 19.6 Å². The molecule has 0 radical (unpaired) electrons. The fourth-order valence-corrected chi connectivity index (χ4v) is 4.68. The fraction of sp³-hybridized carbons (Fsp3) is 0.357. The summed E-state index contributed by atoms with van der Waals surface area (Å²) in [5.74, 6) is -0.414. The Morgan fingerprint density at radius 2 is 2.12 bits per heavy atom. The van der Waals surface area contributed by atoms with Crippen LogP contribution in [0.15, 0.2) is 18.2 Å². The summed E-state index contributed by atoms with van der Waals surface area (Å²) in [5, 5.41) is 8.73. The van der Waals surface area contributed by atoms with Crippen molar-refractivity contribution in [3.63, 3.8) is 0 Å². The Kier molecular flexibility index (Phi) is 4.69. The number of hydrogen-bond donors (Lipinski definition) is 1. The Hall–Kier alpha value is -2.14. The minimum absolute atomic E-state index is 0.0223. The van der Waals surface area contributed by atoms with Crippen LogP contribution in [0, 0.1) is 6.92 Å². The van der Waals surface area contributed by atoms with Crippen molar-refractivity contribution in [3.8, 4) is 0 Å². The van der Waals surface area contributed by atoms with Crippen molar-refractivity contribution < 1.29 is 22.0 Å². The van der Waals surface area contributed by atoms with Gasteiger partial charge in [0.1, 0.15) is 0 Å². The van der Waals surface area contributed by atoms with Gasteiger partial charge in [0.05, 0.1) is 11.4 Å². The minimum atomic E-state index is -3.30. The smallest absolute Gasteiger partial charge is 0.291 e. The van der Waals surface area contributed by atoms with Gasteiger partial charge in [-0.05, 0) is 37.1 Å². The van der Waals surface area contributed by atoms with Gasteiger partial charge in [0, 0.05) is 12.1 Å². The number of halogens is 2. The molecule has 2 aromatic rings. The average Bonchev–Trinajstić information content (AvgIpc) is 3.13. The largest absolute Gasteiger partial charge is 0.296 e. The maximum Gasteiger partial charge on any atom is 0.291 e. The molecular weight excluding hydrogens is 374 g/mol. The molecule has 7 nitrogen and oxygen atoms in total. The molecule has 0 unspecified atom stereocenters. The quantitative estimate of drug-likeness (QED) is 0.869. The molecule has 0 aliphatic carbocycles. The topological polar surface area (TPSA) is 92.3 Å². The summed E-state index contributed by atoms with van der Waals surface area (Å²) in [7, 11) is -3.30. The zero-order valence-corrected chi connectivity index (χ0v) is 14.7.